The van der Waals surface area contributed by atoms with E-state index < -0.39 is 35.7 Å². The molecule has 11 nitrogen and oxygen atoms in total. The van der Waals surface area contributed by atoms with Crippen molar-refractivity contribution in [2.45, 2.75) is 83.9 Å². The molecule has 0 saturated heterocycles. The van der Waals surface area contributed by atoms with Gasteiger partial charge in [-0.25, -0.2) is 4.98 Å². The minimum absolute atomic E-state index is 0.0999. The van der Waals surface area contributed by atoms with Crippen molar-refractivity contribution in [1.82, 2.24) is 15.6 Å². The van der Waals surface area contributed by atoms with Crippen LogP contribution in [0, 0.1) is 17.8 Å². The second kappa shape index (κ2) is 12.1. The maximum absolute atomic E-state index is 14.1. The lowest BCUT2D eigenvalue weighted by Crippen LogP contribution is -2.54. The van der Waals surface area contributed by atoms with Gasteiger partial charge in [0.25, 0.3) is 0 Å². The van der Waals surface area contributed by atoms with Crippen LogP contribution in [0.4, 0.5) is 5.69 Å². The number of aliphatic hydroxyl groups is 2. The van der Waals surface area contributed by atoms with E-state index in [1.165, 1.54) is 6.26 Å². The summed E-state index contributed by atoms with van der Waals surface area (Å²) in [6, 6.07) is 12.3. The first kappa shape index (κ1) is 32.0. The molecule has 48 heavy (non-hydrogen) atoms. The van der Waals surface area contributed by atoms with E-state index in [0.29, 0.717) is 35.3 Å². The number of nitrogens with zero attached hydrogens (tertiary/aromatic N) is 1. The molecule has 6 atom stereocenters. The summed E-state index contributed by atoms with van der Waals surface area (Å²) in [5, 5.41) is 30.1. The number of anilines is 1. The number of aromatic nitrogens is 1. The molecule has 4 aliphatic heterocycles. The first-order chi connectivity index (χ1) is 23.0. The van der Waals surface area contributed by atoms with Crippen LogP contribution >= 0.6 is 0 Å². The van der Waals surface area contributed by atoms with Crippen LogP contribution in [-0.4, -0.2) is 51.4 Å². The fraction of sp³-hybridized carbons (Fsp3) is 0.432. The summed E-state index contributed by atoms with van der Waals surface area (Å²) in [5.74, 6) is 0.584. The first-order valence-electron chi connectivity index (χ1n) is 16.7. The van der Waals surface area contributed by atoms with Crippen LogP contribution in [0.1, 0.15) is 69.3 Å². The topological polar surface area (TPSA) is 155 Å². The Morgan fingerprint density at radius 2 is 1.92 bits per heavy atom. The summed E-state index contributed by atoms with van der Waals surface area (Å²) in [7, 11) is 0. The van der Waals surface area contributed by atoms with E-state index in [1.54, 1.807) is 13.8 Å². The number of oxazole rings is 1. The highest BCUT2D eigenvalue weighted by molar-refractivity contribution is 5.90. The second-order valence-electron chi connectivity index (χ2n) is 13.9. The van der Waals surface area contributed by atoms with E-state index in [-0.39, 0.29) is 36.7 Å². The van der Waals surface area contributed by atoms with Crippen LogP contribution < -0.4 is 20.7 Å². The van der Waals surface area contributed by atoms with Crippen molar-refractivity contribution in [3.63, 3.8) is 0 Å². The molecule has 1 aromatic heterocycles. The molecule has 2 amide bonds. The van der Waals surface area contributed by atoms with E-state index in [0.717, 1.165) is 28.0 Å². The van der Waals surface area contributed by atoms with Crippen molar-refractivity contribution in [3.8, 4) is 5.75 Å². The smallest absolute Gasteiger partial charge is 0.249 e. The van der Waals surface area contributed by atoms with Crippen molar-refractivity contribution in [1.29, 1.82) is 0 Å². The Morgan fingerprint density at radius 1 is 1.12 bits per heavy atom. The normalized spacial score (nSPS) is 26.5. The summed E-state index contributed by atoms with van der Waals surface area (Å²) in [6.07, 6.45) is 2.34. The number of rotatable bonds is 6. The van der Waals surface area contributed by atoms with Crippen LogP contribution in [-0.2, 0) is 32.8 Å². The molecular weight excluding hydrogens is 612 g/mol. The highest BCUT2D eigenvalue weighted by Crippen LogP contribution is 2.60. The number of allylic oxidation sites excluding steroid dienone is 2. The summed E-state index contributed by atoms with van der Waals surface area (Å²) in [6.45, 7) is 9.33. The number of carbonyl (C=O) groups excluding carboxylic acids is 2. The highest BCUT2D eigenvalue weighted by Gasteiger charge is 2.61. The molecule has 3 aromatic rings. The van der Waals surface area contributed by atoms with Gasteiger partial charge >= 0.3 is 0 Å². The average Bonchev–Trinajstić information content (AvgIpc) is 3.71. The zero-order valence-corrected chi connectivity index (χ0v) is 27.7. The molecule has 1 spiro atoms. The predicted molar refractivity (Wildman–Crippen MR) is 177 cm³/mol. The highest BCUT2D eigenvalue weighted by atomic mass is 16.5. The second-order valence-corrected chi connectivity index (χ2v) is 13.9. The number of hydrogen-bond acceptors (Lipinski definition) is 9. The van der Waals surface area contributed by atoms with Gasteiger partial charge in [-0.15, -0.1) is 0 Å². The van der Waals surface area contributed by atoms with Gasteiger partial charge in [0.2, 0.25) is 17.7 Å². The van der Waals surface area contributed by atoms with Gasteiger partial charge in [-0.05, 0) is 53.5 Å². The fourth-order valence-corrected chi connectivity index (χ4v) is 7.32. The third kappa shape index (κ3) is 5.07. The number of benzene rings is 2. The Kier molecular flexibility index (Phi) is 8.07. The number of amides is 2. The molecule has 252 valence electrons. The maximum Gasteiger partial charge on any atom is 0.249 e. The molecule has 0 fully saturated rings. The van der Waals surface area contributed by atoms with Gasteiger partial charge in [0.1, 0.15) is 46.8 Å². The monoisotopic (exact) mass is 654 g/mol. The van der Waals surface area contributed by atoms with Crippen LogP contribution in [0.5, 0.6) is 5.75 Å². The molecule has 5 N–H and O–H groups in total. The van der Waals surface area contributed by atoms with E-state index >= 15 is 0 Å². The SMILES string of the molecule is CC1CC=C2OC(=C1c1nc(CO)co1)C13c4ccccc4NC1Oc1ccc(cc13)CC(NC(=O)C(O)C(C)C)C(=O)NC2C(C)C. The van der Waals surface area contributed by atoms with Crippen molar-refractivity contribution in [2.24, 2.45) is 17.8 Å². The van der Waals surface area contributed by atoms with Gasteiger partial charge in [-0.3, -0.25) is 9.59 Å². The van der Waals surface area contributed by atoms with E-state index in [9.17, 15) is 19.8 Å². The third-order valence-electron chi connectivity index (χ3n) is 9.92. The molecule has 0 radical (unpaired) electrons. The van der Waals surface area contributed by atoms with Crippen LogP contribution in [0.15, 0.2) is 70.7 Å². The number of nitrogens with one attached hydrogen (secondary N) is 3. The lowest BCUT2D eigenvalue weighted by Gasteiger charge is -2.36. The van der Waals surface area contributed by atoms with E-state index in [2.05, 4.69) is 33.9 Å². The Balaban J connectivity index is 1.50. The predicted octanol–water partition coefficient (Wildman–Crippen LogP) is 4.15. The van der Waals surface area contributed by atoms with Gasteiger partial charge in [-0.1, -0.05) is 65.0 Å². The van der Waals surface area contributed by atoms with Crippen molar-refractivity contribution in [2.75, 3.05) is 5.32 Å². The quantitative estimate of drug-likeness (QED) is 0.264. The van der Waals surface area contributed by atoms with Gasteiger partial charge in [0, 0.05) is 17.7 Å². The molecule has 0 saturated carbocycles. The number of fused-ring (bicyclic) bond motifs is 4. The number of carbonyl (C=O) groups is 2. The largest absolute Gasteiger partial charge is 0.469 e. The van der Waals surface area contributed by atoms with Crippen LogP contribution in [0.3, 0.4) is 0 Å². The van der Waals surface area contributed by atoms with Gasteiger partial charge in [0.15, 0.2) is 6.23 Å². The minimum atomic E-state index is -1.26. The van der Waals surface area contributed by atoms with Crippen molar-refractivity contribution >= 4 is 23.1 Å². The molecule has 5 heterocycles. The maximum atomic E-state index is 14.1. The fourth-order valence-electron chi connectivity index (χ4n) is 7.32. The van der Waals surface area contributed by atoms with Crippen LogP contribution in [0.25, 0.3) is 5.57 Å². The Labute approximate surface area is 279 Å². The average molecular weight is 655 g/mol. The van der Waals surface area contributed by atoms with Gasteiger partial charge in [-0.2, -0.15) is 0 Å². The number of ether oxygens (including phenoxy) is 2. The lowest BCUT2D eigenvalue weighted by atomic mass is 9.71. The summed E-state index contributed by atoms with van der Waals surface area (Å²) in [5.41, 5.74) is 3.63. The molecule has 4 aliphatic rings. The van der Waals surface area contributed by atoms with Crippen molar-refractivity contribution in [3.05, 3.63) is 94.6 Å². The Morgan fingerprint density at radius 3 is 2.65 bits per heavy atom. The van der Waals surface area contributed by atoms with Crippen molar-refractivity contribution < 1.29 is 33.7 Å². The molecule has 11 heteroatoms. The summed E-state index contributed by atoms with van der Waals surface area (Å²) < 4.78 is 19.9. The van der Waals surface area contributed by atoms with E-state index in [1.807, 2.05) is 56.3 Å². The summed E-state index contributed by atoms with van der Waals surface area (Å²) in [4.78, 5) is 31.9. The molecule has 6 unspecified atom stereocenters. The lowest BCUT2D eigenvalue weighted by molar-refractivity contribution is -0.135. The standard InChI is InChI=1S/C37H42N4O7/c1-18(2)30-28-12-10-20(5)29(35-38-22(16-42)17-46-35)32(47-28)37-23-8-6-7-9-25(23)40-36(37)48-27-13-11-21(14-24(27)37)15-26(33(44)41-30)39-34(45)31(43)19(3)4/h6-9,11-14,17-20,26,30-31,36,40,42-43H,10,15-16H2,1-5H3,(H,39,45)(H,41,44). The molecule has 4 bridgehead atoms. The molecular formula is C37H42N4O7. The number of aliphatic hydroxyl groups excluding tert-OH is 2. The third-order valence-corrected chi connectivity index (χ3v) is 9.92. The Bertz CT molecular complexity index is 1830. The molecule has 0 aliphatic carbocycles. The van der Waals surface area contributed by atoms with Gasteiger partial charge in [0.05, 0.1) is 18.2 Å². The molecule has 2 aromatic carbocycles. The Hall–Kier alpha value is -4.61. The minimum Gasteiger partial charge on any atom is -0.469 e. The van der Waals surface area contributed by atoms with E-state index in [4.69, 9.17) is 13.9 Å². The molecule has 7 rings (SSSR count). The summed E-state index contributed by atoms with van der Waals surface area (Å²) >= 11 is 0. The number of hydrogen-bond donors (Lipinski definition) is 5. The zero-order chi connectivity index (χ0) is 33.9. The van der Waals surface area contributed by atoms with Crippen LogP contribution in [0.2, 0.25) is 0 Å². The first-order valence-corrected chi connectivity index (χ1v) is 16.7. The zero-order valence-electron chi connectivity index (χ0n) is 27.7. The number of para-hydroxylation sites is 1. The van der Waals surface area contributed by atoms with Gasteiger partial charge < -0.3 is 40.1 Å².